The highest BCUT2D eigenvalue weighted by Gasteiger charge is 2.10. The van der Waals surface area contributed by atoms with E-state index in [-0.39, 0.29) is 10.6 Å². The second kappa shape index (κ2) is 6.19. The van der Waals surface area contributed by atoms with E-state index in [9.17, 15) is 4.79 Å². The van der Waals surface area contributed by atoms with Crippen molar-refractivity contribution in [2.45, 2.75) is 9.79 Å². The maximum atomic E-state index is 11.0. The highest BCUT2D eigenvalue weighted by atomic mass is 35.5. The molecule has 0 radical (unpaired) electrons. The van der Waals surface area contributed by atoms with E-state index in [1.165, 1.54) is 17.8 Å². The third-order valence-corrected chi connectivity index (χ3v) is 4.09. The Labute approximate surface area is 129 Å². The first-order chi connectivity index (χ1) is 9.51. The molecule has 0 saturated carbocycles. The molecule has 2 aromatic rings. The summed E-state index contributed by atoms with van der Waals surface area (Å²) >= 11 is 13.1. The quantitative estimate of drug-likeness (QED) is 0.888. The van der Waals surface area contributed by atoms with Gasteiger partial charge < -0.3 is 5.11 Å². The minimum absolute atomic E-state index is 0.0522. The third-order valence-electron chi connectivity index (χ3n) is 2.46. The van der Waals surface area contributed by atoms with Crippen LogP contribution in [-0.2, 0) is 0 Å². The lowest BCUT2D eigenvalue weighted by molar-refractivity contribution is 0.0697. The van der Waals surface area contributed by atoms with Crippen LogP contribution < -0.4 is 0 Å². The second-order valence-corrected chi connectivity index (χ2v) is 5.76. The zero-order chi connectivity index (χ0) is 14.7. The number of carboxylic acid groups (broad SMARTS) is 1. The topological polar surface area (TPSA) is 61.1 Å². The molecule has 0 heterocycles. The zero-order valence-electron chi connectivity index (χ0n) is 9.93. The van der Waals surface area contributed by atoms with Crippen LogP contribution in [0.3, 0.4) is 0 Å². The molecule has 0 aliphatic heterocycles. The van der Waals surface area contributed by atoms with Crippen molar-refractivity contribution in [2.75, 3.05) is 0 Å². The molecule has 1 N–H and O–H groups in total. The maximum Gasteiger partial charge on any atom is 0.337 e. The number of carboxylic acids is 1. The van der Waals surface area contributed by atoms with Crippen molar-refractivity contribution in [1.82, 2.24) is 0 Å². The number of nitrogens with zero attached hydrogens (tertiary/aromatic N) is 1. The van der Waals surface area contributed by atoms with E-state index in [1.807, 2.05) is 6.07 Å². The molecule has 0 atom stereocenters. The van der Waals surface area contributed by atoms with Crippen molar-refractivity contribution in [1.29, 1.82) is 5.26 Å². The van der Waals surface area contributed by atoms with Gasteiger partial charge in [0.25, 0.3) is 0 Å². The fourth-order valence-electron chi connectivity index (χ4n) is 1.52. The Morgan fingerprint density at radius 2 is 1.75 bits per heavy atom. The molecular weight excluding hydrogens is 317 g/mol. The van der Waals surface area contributed by atoms with E-state index in [1.54, 1.807) is 30.3 Å². The predicted molar refractivity (Wildman–Crippen MR) is 78.7 cm³/mol. The molecule has 0 aliphatic rings. The van der Waals surface area contributed by atoms with Crippen molar-refractivity contribution in [3.05, 3.63) is 57.6 Å². The van der Waals surface area contributed by atoms with Gasteiger partial charge in [-0.25, -0.2) is 4.79 Å². The first-order valence-electron chi connectivity index (χ1n) is 5.41. The van der Waals surface area contributed by atoms with Crippen LogP contribution in [0.4, 0.5) is 0 Å². The van der Waals surface area contributed by atoms with Crippen LogP contribution >= 0.6 is 35.0 Å². The van der Waals surface area contributed by atoms with E-state index in [0.29, 0.717) is 10.6 Å². The fraction of sp³-hybridized carbons (Fsp3) is 0. The molecule has 2 aromatic carbocycles. The maximum absolute atomic E-state index is 11.0. The third kappa shape index (κ3) is 3.26. The summed E-state index contributed by atoms with van der Waals surface area (Å²) in [6, 6.07) is 11.8. The Morgan fingerprint density at radius 1 is 1.10 bits per heavy atom. The summed E-state index contributed by atoms with van der Waals surface area (Å²) in [4.78, 5) is 12.6. The molecule has 0 bridgehead atoms. The van der Waals surface area contributed by atoms with Crippen molar-refractivity contribution >= 4 is 40.9 Å². The van der Waals surface area contributed by atoms with Gasteiger partial charge >= 0.3 is 5.97 Å². The van der Waals surface area contributed by atoms with E-state index >= 15 is 0 Å². The van der Waals surface area contributed by atoms with Crippen LogP contribution in [0.1, 0.15) is 15.9 Å². The average Bonchev–Trinajstić information content (AvgIpc) is 2.41. The number of hydrogen-bond donors (Lipinski definition) is 1. The lowest BCUT2D eigenvalue weighted by Crippen LogP contribution is -1.97. The summed E-state index contributed by atoms with van der Waals surface area (Å²) in [6.45, 7) is 0. The van der Waals surface area contributed by atoms with Gasteiger partial charge in [0.1, 0.15) is 6.07 Å². The lowest BCUT2D eigenvalue weighted by atomic mass is 10.2. The Kier molecular flexibility index (Phi) is 4.56. The van der Waals surface area contributed by atoms with E-state index in [2.05, 4.69) is 0 Å². The van der Waals surface area contributed by atoms with Crippen LogP contribution in [0.5, 0.6) is 0 Å². The van der Waals surface area contributed by atoms with Gasteiger partial charge in [0.2, 0.25) is 0 Å². The molecule has 6 heteroatoms. The van der Waals surface area contributed by atoms with Crippen LogP contribution in [0.2, 0.25) is 10.0 Å². The van der Waals surface area contributed by atoms with Crippen LogP contribution in [0.15, 0.2) is 46.2 Å². The first kappa shape index (κ1) is 14.7. The van der Waals surface area contributed by atoms with Crippen molar-refractivity contribution in [3.8, 4) is 6.07 Å². The summed E-state index contributed by atoms with van der Waals surface area (Å²) in [5, 5.41) is 18.4. The van der Waals surface area contributed by atoms with Gasteiger partial charge in [-0.15, -0.1) is 0 Å². The minimum atomic E-state index is -1.07. The van der Waals surface area contributed by atoms with Gasteiger partial charge in [-0.1, -0.05) is 35.0 Å². The monoisotopic (exact) mass is 323 g/mol. The van der Waals surface area contributed by atoms with E-state index in [4.69, 9.17) is 33.6 Å². The van der Waals surface area contributed by atoms with Crippen molar-refractivity contribution in [3.63, 3.8) is 0 Å². The number of carbonyl (C=O) groups is 1. The number of aromatic carboxylic acids is 1. The molecule has 0 aliphatic carbocycles. The molecular formula is C14H7Cl2NO2S. The van der Waals surface area contributed by atoms with Gasteiger partial charge in [0, 0.05) is 9.79 Å². The Hall–Kier alpha value is -1.67. The number of benzene rings is 2. The molecule has 0 spiro atoms. The highest BCUT2D eigenvalue weighted by Crippen LogP contribution is 2.32. The normalized spacial score (nSPS) is 10.1. The van der Waals surface area contributed by atoms with Gasteiger partial charge in [-0.05, 0) is 36.4 Å². The minimum Gasteiger partial charge on any atom is -0.478 e. The molecule has 0 saturated heterocycles. The van der Waals surface area contributed by atoms with Gasteiger partial charge in [-0.2, -0.15) is 5.26 Å². The van der Waals surface area contributed by atoms with Gasteiger partial charge in [-0.3, -0.25) is 0 Å². The Bertz CT molecular complexity index is 726. The summed E-state index contributed by atoms with van der Waals surface area (Å²) in [5.74, 6) is -1.07. The zero-order valence-corrected chi connectivity index (χ0v) is 12.3. The molecule has 0 fully saturated rings. The predicted octanol–water partition coefficient (Wildman–Crippen LogP) is 4.71. The molecule has 3 nitrogen and oxygen atoms in total. The van der Waals surface area contributed by atoms with Crippen molar-refractivity contribution in [2.24, 2.45) is 0 Å². The molecule has 2 rings (SSSR count). The number of nitriles is 1. The van der Waals surface area contributed by atoms with E-state index in [0.717, 1.165) is 9.79 Å². The van der Waals surface area contributed by atoms with Crippen LogP contribution in [0, 0.1) is 11.3 Å². The lowest BCUT2D eigenvalue weighted by Gasteiger charge is -2.05. The number of rotatable bonds is 3. The fourth-order valence-corrected chi connectivity index (χ4v) is 2.90. The second-order valence-electron chi connectivity index (χ2n) is 3.80. The van der Waals surface area contributed by atoms with Crippen molar-refractivity contribution < 1.29 is 9.90 Å². The SMILES string of the molecule is N#Cc1ccc(Sc2ccc(Cl)c(C(=O)O)c2)cc1Cl. The standard InChI is InChI=1S/C14H7Cl2NO2S/c15-12-4-3-9(5-11(12)14(18)19)20-10-2-1-8(7-17)13(16)6-10/h1-6H,(H,18,19). The van der Waals surface area contributed by atoms with Crippen LogP contribution in [0.25, 0.3) is 0 Å². The Balaban J connectivity index is 2.31. The summed E-state index contributed by atoms with van der Waals surface area (Å²) in [7, 11) is 0. The molecule has 20 heavy (non-hydrogen) atoms. The van der Waals surface area contributed by atoms with Gasteiger partial charge in [0.05, 0.1) is 21.2 Å². The molecule has 0 aromatic heterocycles. The summed E-state index contributed by atoms with van der Waals surface area (Å²) < 4.78 is 0. The summed E-state index contributed by atoms with van der Waals surface area (Å²) in [5.41, 5.74) is 0.453. The smallest absolute Gasteiger partial charge is 0.337 e. The number of halogens is 2. The van der Waals surface area contributed by atoms with Gasteiger partial charge in [0.15, 0.2) is 0 Å². The largest absolute Gasteiger partial charge is 0.478 e. The molecule has 0 unspecified atom stereocenters. The molecule has 0 amide bonds. The Morgan fingerprint density at radius 3 is 2.35 bits per heavy atom. The highest BCUT2D eigenvalue weighted by molar-refractivity contribution is 7.99. The van der Waals surface area contributed by atoms with E-state index < -0.39 is 5.97 Å². The molecule has 100 valence electrons. The number of hydrogen-bond acceptors (Lipinski definition) is 3. The average molecular weight is 324 g/mol. The van der Waals surface area contributed by atoms with Crippen LogP contribution in [-0.4, -0.2) is 11.1 Å². The first-order valence-corrected chi connectivity index (χ1v) is 6.99. The summed E-state index contributed by atoms with van der Waals surface area (Å²) in [6.07, 6.45) is 0.